The molecule has 2 nitrogen and oxygen atoms in total. The third-order valence-electron chi connectivity index (χ3n) is 4.03. The van der Waals surface area contributed by atoms with Crippen molar-refractivity contribution < 1.29 is 0 Å². The molecular weight excluding hydrogens is 184 g/mol. The molecule has 90 valence electrons. The van der Waals surface area contributed by atoms with E-state index in [0.29, 0.717) is 0 Å². The Kier molecular flexibility index (Phi) is 4.60. The van der Waals surface area contributed by atoms with Gasteiger partial charge in [-0.3, -0.25) is 0 Å². The minimum Gasteiger partial charge on any atom is -0.324 e. The van der Waals surface area contributed by atoms with Gasteiger partial charge in [0.15, 0.2) is 0 Å². The maximum atomic E-state index is 6.21. The lowest BCUT2D eigenvalue weighted by molar-refractivity contribution is 0.141. The number of hydrogen-bond acceptors (Lipinski definition) is 2. The second kappa shape index (κ2) is 5.31. The summed E-state index contributed by atoms with van der Waals surface area (Å²) in [6.07, 6.45) is 6.56. The number of hydrogen-bond donors (Lipinski definition) is 1. The Labute approximate surface area is 95.2 Å². The fraction of sp³-hybridized carbons (Fsp3) is 1.00. The van der Waals surface area contributed by atoms with Crippen LogP contribution >= 0.6 is 0 Å². The van der Waals surface area contributed by atoms with Crippen LogP contribution in [0.5, 0.6) is 0 Å². The highest BCUT2D eigenvalue weighted by molar-refractivity contribution is 4.84. The van der Waals surface area contributed by atoms with Gasteiger partial charge in [-0.05, 0) is 52.0 Å². The molecule has 0 heterocycles. The first-order valence-electron chi connectivity index (χ1n) is 6.43. The van der Waals surface area contributed by atoms with Gasteiger partial charge < -0.3 is 10.6 Å². The van der Waals surface area contributed by atoms with E-state index in [2.05, 4.69) is 32.7 Å². The largest absolute Gasteiger partial charge is 0.324 e. The van der Waals surface area contributed by atoms with E-state index < -0.39 is 0 Å². The quantitative estimate of drug-likeness (QED) is 0.776. The van der Waals surface area contributed by atoms with Crippen molar-refractivity contribution in [1.82, 2.24) is 4.90 Å². The Bertz CT molecular complexity index is 181. The van der Waals surface area contributed by atoms with Gasteiger partial charge in [0.25, 0.3) is 0 Å². The standard InChI is InChI=1S/C13H28N2/c1-5-13(3,14)10-15(4)12-8-6-11(2)7-9-12/h11-12H,5-10,14H2,1-4H3. The zero-order chi connectivity index (χ0) is 11.5. The Hall–Kier alpha value is -0.0800. The van der Waals surface area contributed by atoms with Crippen molar-refractivity contribution in [3.8, 4) is 0 Å². The van der Waals surface area contributed by atoms with Crippen molar-refractivity contribution in [3.05, 3.63) is 0 Å². The van der Waals surface area contributed by atoms with Crippen molar-refractivity contribution in [2.45, 2.75) is 64.5 Å². The van der Waals surface area contributed by atoms with Crippen LogP contribution < -0.4 is 5.73 Å². The summed E-state index contributed by atoms with van der Waals surface area (Å²) in [7, 11) is 2.24. The zero-order valence-corrected chi connectivity index (χ0v) is 10.9. The van der Waals surface area contributed by atoms with E-state index in [9.17, 15) is 0 Å². The highest BCUT2D eigenvalue weighted by atomic mass is 15.1. The summed E-state index contributed by atoms with van der Waals surface area (Å²) in [5, 5.41) is 0. The first-order valence-corrected chi connectivity index (χ1v) is 6.43. The summed E-state index contributed by atoms with van der Waals surface area (Å²) in [6.45, 7) is 7.74. The van der Waals surface area contributed by atoms with Crippen LogP contribution in [0.1, 0.15) is 52.9 Å². The van der Waals surface area contributed by atoms with E-state index in [1.807, 2.05) is 0 Å². The van der Waals surface area contributed by atoms with Gasteiger partial charge in [0, 0.05) is 18.1 Å². The van der Waals surface area contributed by atoms with Gasteiger partial charge >= 0.3 is 0 Å². The molecule has 1 fully saturated rings. The molecule has 0 aromatic carbocycles. The summed E-state index contributed by atoms with van der Waals surface area (Å²) < 4.78 is 0. The minimum absolute atomic E-state index is 0.0161. The van der Waals surface area contributed by atoms with Crippen LogP contribution in [0.3, 0.4) is 0 Å². The molecule has 2 heteroatoms. The molecule has 1 atom stereocenters. The first kappa shape index (κ1) is 13.0. The lowest BCUT2D eigenvalue weighted by atomic mass is 9.86. The van der Waals surface area contributed by atoms with Crippen molar-refractivity contribution in [1.29, 1.82) is 0 Å². The van der Waals surface area contributed by atoms with Gasteiger partial charge in [0.2, 0.25) is 0 Å². The third kappa shape index (κ3) is 4.12. The summed E-state index contributed by atoms with van der Waals surface area (Å²) >= 11 is 0. The van der Waals surface area contributed by atoms with E-state index in [-0.39, 0.29) is 5.54 Å². The van der Waals surface area contributed by atoms with Crippen molar-refractivity contribution in [2.75, 3.05) is 13.6 Å². The number of likely N-dealkylation sites (N-methyl/N-ethyl adjacent to an activating group) is 1. The molecule has 0 spiro atoms. The molecule has 1 unspecified atom stereocenters. The van der Waals surface area contributed by atoms with Gasteiger partial charge in [0.1, 0.15) is 0 Å². The molecule has 2 N–H and O–H groups in total. The molecule has 1 rings (SSSR count). The second-order valence-corrected chi connectivity index (χ2v) is 5.84. The molecule has 0 radical (unpaired) electrons. The third-order valence-corrected chi connectivity index (χ3v) is 4.03. The van der Waals surface area contributed by atoms with Gasteiger partial charge in [0.05, 0.1) is 0 Å². The lowest BCUT2D eigenvalue weighted by Gasteiger charge is -2.37. The van der Waals surface area contributed by atoms with Crippen LogP contribution in [0.4, 0.5) is 0 Å². The fourth-order valence-electron chi connectivity index (χ4n) is 2.49. The molecule has 0 aromatic rings. The van der Waals surface area contributed by atoms with E-state index in [1.54, 1.807) is 0 Å². The smallest absolute Gasteiger partial charge is 0.0252 e. The van der Waals surface area contributed by atoms with Gasteiger partial charge in [-0.15, -0.1) is 0 Å². The Balaban J connectivity index is 2.37. The SMILES string of the molecule is CCC(C)(N)CN(C)C1CCC(C)CC1. The molecule has 0 aromatic heterocycles. The molecule has 1 aliphatic rings. The van der Waals surface area contributed by atoms with Crippen LogP contribution in [0.2, 0.25) is 0 Å². The van der Waals surface area contributed by atoms with Gasteiger partial charge in [-0.2, -0.15) is 0 Å². The minimum atomic E-state index is -0.0161. The van der Waals surface area contributed by atoms with Crippen LogP contribution in [0, 0.1) is 5.92 Å². The lowest BCUT2D eigenvalue weighted by Crippen LogP contribution is -2.49. The predicted molar refractivity (Wildman–Crippen MR) is 66.9 cm³/mol. The molecule has 0 bridgehead atoms. The topological polar surface area (TPSA) is 29.3 Å². The van der Waals surface area contributed by atoms with Crippen molar-refractivity contribution >= 4 is 0 Å². The monoisotopic (exact) mass is 212 g/mol. The van der Waals surface area contributed by atoms with Crippen molar-refractivity contribution in [3.63, 3.8) is 0 Å². The Morgan fingerprint density at radius 3 is 2.27 bits per heavy atom. The van der Waals surface area contributed by atoms with E-state index in [0.717, 1.165) is 24.9 Å². The first-order chi connectivity index (χ1) is 6.94. The highest BCUT2D eigenvalue weighted by Crippen LogP contribution is 2.27. The predicted octanol–water partition coefficient (Wildman–Crippen LogP) is 2.62. The molecular formula is C13H28N2. The molecule has 1 aliphatic carbocycles. The Morgan fingerprint density at radius 2 is 1.80 bits per heavy atom. The normalized spacial score (nSPS) is 31.6. The van der Waals surface area contributed by atoms with Crippen molar-refractivity contribution in [2.24, 2.45) is 11.7 Å². The summed E-state index contributed by atoms with van der Waals surface area (Å²) in [4.78, 5) is 2.48. The Morgan fingerprint density at radius 1 is 1.27 bits per heavy atom. The number of rotatable bonds is 4. The molecule has 0 aliphatic heterocycles. The zero-order valence-electron chi connectivity index (χ0n) is 10.9. The number of nitrogens with two attached hydrogens (primary N) is 1. The van der Waals surface area contributed by atoms with Crippen LogP contribution in [0.25, 0.3) is 0 Å². The van der Waals surface area contributed by atoms with Gasteiger partial charge in [-0.25, -0.2) is 0 Å². The maximum Gasteiger partial charge on any atom is 0.0252 e. The summed E-state index contributed by atoms with van der Waals surface area (Å²) in [5.74, 6) is 0.935. The van der Waals surface area contributed by atoms with Crippen LogP contribution in [-0.4, -0.2) is 30.1 Å². The van der Waals surface area contributed by atoms with Crippen LogP contribution in [0.15, 0.2) is 0 Å². The second-order valence-electron chi connectivity index (χ2n) is 5.84. The molecule has 15 heavy (non-hydrogen) atoms. The molecule has 0 saturated heterocycles. The summed E-state index contributed by atoms with van der Waals surface area (Å²) in [6, 6.07) is 0.774. The summed E-state index contributed by atoms with van der Waals surface area (Å²) in [5.41, 5.74) is 6.19. The fourth-order valence-corrected chi connectivity index (χ4v) is 2.49. The average molecular weight is 212 g/mol. The maximum absolute atomic E-state index is 6.21. The average Bonchev–Trinajstić information content (AvgIpc) is 2.18. The highest BCUT2D eigenvalue weighted by Gasteiger charge is 2.25. The molecule has 1 saturated carbocycles. The van der Waals surface area contributed by atoms with E-state index in [1.165, 1.54) is 25.7 Å². The van der Waals surface area contributed by atoms with E-state index in [4.69, 9.17) is 5.73 Å². The van der Waals surface area contributed by atoms with E-state index >= 15 is 0 Å². The molecule has 0 amide bonds. The number of nitrogens with zero attached hydrogens (tertiary/aromatic N) is 1. The van der Waals surface area contributed by atoms with Crippen LogP contribution in [-0.2, 0) is 0 Å². The van der Waals surface area contributed by atoms with Gasteiger partial charge in [-0.1, -0.05) is 13.8 Å².